The standard InChI is InChI=1S/C14H12N4/c15-12-7-9-14-17-16-13(18(14)10-12)8-6-11-4-2-1-3-5-11/h1-10H,15H2/b8-6+. The normalized spacial score (nSPS) is 11.3. The fourth-order valence-electron chi connectivity index (χ4n) is 1.77. The Morgan fingerprint density at radius 3 is 2.61 bits per heavy atom. The molecule has 0 radical (unpaired) electrons. The molecule has 18 heavy (non-hydrogen) atoms. The Kier molecular flexibility index (Phi) is 2.53. The molecule has 3 rings (SSSR count). The van der Waals surface area contributed by atoms with Crippen molar-refractivity contribution < 1.29 is 0 Å². The zero-order chi connectivity index (χ0) is 12.4. The van der Waals surface area contributed by atoms with Crippen LogP contribution in [0.15, 0.2) is 48.7 Å². The van der Waals surface area contributed by atoms with E-state index >= 15 is 0 Å². The smallest absolute Gasteiger partial charge is 0.161 e. The van der Waals surface area contributed by atoms with Gasteiger partial charge in [0, 0.05) is 11.9 Å². The topological polar surface area (TPSA) is 56.2 Å². The minimum atomic E-state index is 0.691. The van der Waals surface area contributed by atoms with Crippen molar-refractivity contribution in [3.8, 4) is 0 Å². The van der Waals surface area contributed by atoms with Crippen molar-refractivity contribution in [2.75, 3.05) is 5.73 Å². The van der Waals surface area contributed by atoms with Gasteiger partial charge in [0.1, 0.15) is 0 Å². The molecule has 2 aromatic heterocycles. The molecule has 0 unspecified atom stereocenters. The molecule has 2 N–H and O–H groups in total. The number of nitrogens with zero attached hydrogens (tertiary/aromatic N) is 3. The van der Waals surface area contributed by atoms with Crippen molar-refractivity contribution in [3.05, 3.63) is 60.0 Å². The third-order valence-electron chi connectivity index (χ3n) is 2.68. The first-order valence-electron chi connectivity index (χ1n) is 5.66. The highest BCUT2D eigenvalue weighted by molar-refractivity contribution is 5.68. The molecule has 1 aromatic carbocycles. The fourth-order valence-corrected chi connectivity index (χ4v) is 1.77. The van der Waals surface area contributed by atoms with Gasteiger partial charge in [-0.15, -0.1) is 10.2 Å². The van der Waals surface area contributed by atoms with Crippen LogP contribution in [0.3, 0.4) is 0 Å². The summed E-state index contributed by atoms with van der Waals surface area (Å²) < 4.78 is 1.87. The molecular formula is C14H12N4. The van der Waals surface area contributed by atoms with E-state index in [-0.39, 0.29) is 0 Å². The molecule has 0 fully saturated rings. The molecule has 0 amide bonds. The van der Waals surface area contributed by atoms with Gasteiger partial charge in [-0.05, 0) is 23.8 Å². The molecule has 0 spiro atoms. The van der Waals surface area contributed by atoms with Gasteiger partial charge in [-0.2, -0.15) is 0 Å². The first kappa shape index (κ1) is 10.5. The monoisotopic (exact) mass is 236 g/mol. The summed E-state index contributed by atoms with van der Waals surface area (Å²) >= 11 is 0. The number of fused-ring (bicyclic) bond motifs is 1. The van der Waals surface area contributed by atoms with Crippen LogP contribution in [0, 0.1) is 0 Å². The lowest BCUT2D eigenvalue weighted by molar-refractivity contribution is 1.08. The summed E-state index contributed by atoms with van der Waals surface area (Å²) in [5, 5.41) is 8.20. The molecule has 2 heterocycles. The summed E-state index contributed by atoms with van der Waals surface area (Å²) in [5.74, 6) is 0.765. The molecule has 3 aromatic rings. The molecule has 0 aliphatic heterocycles. The van der Waals surface area contributed by atoms with E-state index in [0.29, 0.717) is 5.69 Å². The van der Waals surface area contributed by atoms with Crippen LogP contribution in [0.5, 0.6) is 0 Å². The van der Waals surface area contributed by atoms with E-state index in [1.807, 2.05) is 65.2 Å². The minimum absolute atomic E-state index is 0.691. The number of anilines is 1. The molecule has 4 heteroatoms. The fraction of sp³-hybridized carbons (Fsp3) is 0. The lowest BCUT2D eigenvalue weighted by Crippen LogP contribution is -1.92. The van der Waals surface area contributed by atoms with Crippen LogP contribution in [-0.2, 0) is 0 Å². The largest absolute Gasteiger partial charge is 0.398 e. The average molecular weight is 236 g/mol. The molecule has 0 atom stereocenters. The highest BCUT2D eigenvalue weighted by Crippen LogP contribution is 2.11. The van der Waals surface area contributed by atoms with E-state index in [9.17, 15) is 0 Å². The molecule has 0 aliphatic carbocycles. The maximum atomic E-state index is 5.76. The van der Waals surface area contributed by atoms with Gasteiger partial charge < -0.3 is 5.73 Å². The summed E-state index contributed by atoms with van der Waals surface area (Å²) in [5.41, 5.74) is 8.36. The van der Waals surface area contributed by atoms with Gasteiger partial charge >= 0.3 is 0 Å². The Bertz CT molecular complexity index is 698. The minimum Gasteiger partial charge on any atom is -0.398 e. The van der Waals surface area contributed by atoms with Crippen LogP contribution >= 0.6 is 0 Å². The van der Waals surface area contributed by atoms with Crippen molar-refractivity contribution in [2.45, 2.75) is 0 Å². The first-order chi connectivity index (χ1) is 8.83. The van der Waals surface area contributed by atoms with Crippen molar-refractivity contribution in [1.82, 2.24) is 14.6 Å². The zero-order valence-electron chi connectivity index (χ0n) is 9.69. The number of nitrogen functional groups attached to an aromatic ring is 1. The van der Waals surface area contributed by atoms with Crippen molar-refractivity contribution in [2.24, 2.45) is 0 Å². The van der Waals surface area contributed by atoms with Gasteiger partial charge in [0.2, 0.25) is 0 Å². The summed E-state index contributed by atoms with van der Waals surface area (Å²) in [6, 6.07) is 13.7. The predicted molar refractivity (Wildman–Crippen MR) is 72.8 cm³/mol. The van der Waals surface area contributed by atoms with Crippen LogP contribution in [0.25, 0.3) is 17.8 Å². The number of benzene rings is 1. The third kappa shape index (κ3) is 1.96. The van der Waals surface area contributed by atoms with Gasteiger partial charge in [-0.3, -0.25) is 4.40 Å². The van der Waals surface area contributed by atoms with E-state index in [1.54, 1.807) is 0 Å². The highest BCUT2D eigenvalue weighted by atomic mass is 15.2. The maximum absolute atomic E-state index is 5.76. The van der Waals surface area contributed by atoms with Crippen molar-refractivity contribution in [1.29, 1.82) is 0 Å². The quantitative estimate of drug-likeness (QED) is 0.743. The first-order valence-corrected chi connectivity index (χ1v) is 5.66. The van der Waals surface area contributed by atoms with Crippen molar-refractivity contribution in [3.63, 3.8) is 0 Å². The predicted octanol–water partition coefficient (Wildman–Crippen LogP) is 2.48. The van der Waals surface area contributed by atoms with Gasteiger partial charge in [-0.25, -0.2) is 0 Å². The number of hydrogen-bond donors (Lipinski definition) is 1. The lowest BCUT2D eigenvalue weighted by Gasteiger charge is -1.96. The molecular weight excluding hydrogens is 224 g/mol. The van der Waals surface area contributed by atoms with E-state index < -0.39 is 0 Å². The van der Waals surface area contributed by atoms with E-state index in [1.165, 1.54) is 0 Å². The van der Waals surface area contributed by atoms with Crippen LogP contribution in [0.4, 0.5) is 5.69 Å². The number of hydrogen-bond acceptors (Lipinski definition) is 3. The van der Waals surface area contributed by atoms with E-state index in [4.69, 9.17) is 5.73 Å². The maximum Gasteiger partial charge on any atom is 0.161 e. The summed E-state index contributed by atoms with van der Waals surface area (Å²) in [4.78, 5) is 0. The highest BCUT2D eigenvalue weighted by Gasteiger charge is 2.01. The SMILES string of the molecule is Nc1ccc2nnc(/C=C/c3ccccc3)n2c1. The molecule has 0 aliphatic rings. The molecule has 0 saturated carbocycles. The summed E-state index contributed by atoms with van der Waals surface area (Å²) in [6.45, 7) is 0. The zero-order valence-corrected chi connectivity index (χ0v) is 9.69. The number of nitrogens with two attached hydrogens (primary N) is 1. The van der Waals surface area contributed by atoms with E-state index in [2.05, 4.69) is 10.2 Å². The van der Waals surface area contributed by atoms with Gasteiger partial charge in [0.15, 0.2) is 11.5 Å². The second kappa shape index (κ2) is 4.33. The van der Waals surface area contributed by atoms with Crippen LogP contribution in [0.2, 0.25) is 0 Å². The third-order valence-corrected chi connectivity index (χ3v) is 2.68. The second-order valence-electron chi connectivity index (χ2n) is 3.99. The van der Waals surface area contributed by atoms with E-state index in [0.717, 1.165) is 17.0 Å². The Balaban J connectivity index is 2.00. The van der Waals surface area contributed by atoms with Crippen LogP contribution < -0.4 is 5.73 Å². The summed E-state index contributed by atoms with van der Waals surface area (Å²) in [7, 11) is 0. The second-order valence-corrected chi connectivity index (χ2v) is 3.99. The average Bonchev–Trinajstić information content (AvgIpc) is 2.80. The molecule has 88 valence electrons. The summed E-state index contributed by atoms with van der Waals surface area (Å²) in [6.07, 6.45) is 5.74. The number of aromatic nitrogens is 3. The molecule has 4 nitrogen and oxygen atoms in total. The van der Waals surface area contributed by atoms with Gasteiger partial charge in [0.05, 0.1) is 0 Å². The molecule has 0 bridgehead atoms. The lowest BCUT2D eigenvalue weighted by atomic mass is 10.2. The van der Waals surface area contributed by atoms with Crippen LogP contribution in [-0.4, -0.2) is 14.6 Å². The van der Waals surface area contributed by atoms with Gasteiger partial charge in [-0.1, -0.05) is 36.4 Å². The molecule has 0 saturated heterocycles. The Morgan fingerprint density at radius 2 is 1.78 bits per heavy atom. The van der Waals surface area contributed by atoms with Crippen LogP contribution in [0.1, 0.15) is 11.4 Å². The Labute approximate surface area is 104 Å². The Morgan fingerprint density at radius 1 is 0.944 bits per heavy atom. The Hall–Kier alpha value is -2.62. The number of pyridine rings is 1. The van der Waals surface area contributed by atoms with Crippen molar-refractivity contribution >= 4 is 23.5 Å². The number of rotatable bonds is 2. The van der Waals surface area contributed by atoms with Gasteiger partial charge in [0.25, 0.3) is 0 Å².